The van der Waals surface area contributed by atoms with Crippen LogP contribution in [0.4, 0.5) is 8.78 Å². The summed E-state index contributed by atoms with van der Waals surface area (Å²) in [6.45, 7) is 16.8. The quantitative estimate of drug-likeness (QED) is 0.0251. The summed E-state index contributed by atoms with van der Waals surface area (Å²) in [5, 5.41) is 29.3. The largest absolute Gasteiger partial charge is 0.569 e. The van der Waals surface area contributed by atoms with Gasteiger partial charge in [0, 0.05) is 61.2 Å². The zero-order valence-electron chi connectivity index (χ0n) is 46.8. The van der Waals surface area contributed by atoms with Crippen LogP contribution in [-0.2, 0) is 85.1 Å². The number of halogens is 2. The molecule has 15 nitrogen and oxygen atoms in total. The molecule has 4 heterocycles. The lowest BCUT2D eigenvalue weighted by molar-refractivity contribution is -0.143. The van der Waals surface area contributed by atoms with Crippen molar-refractivity contribution >= 4 is 25.9 Å². The molecule has 1 radical (unpaired) electrons. The number of carbonyl (C=O) groups excluding carboxylic acids is 1. The fraction of sp³-hybridized carbons (Fsp3) is 0.583. The smallest absolute Gasteiger partial charge is 0.537 e. The summed E-state index contributed by atoms with van der Waals surface area (Å²) < 4.78 is 55.4. The summed E-state index contributed by atoms with van der Waals surface area (Å²) in [6.07, 6.45) is 18.4. The van der Waals surface area contributed by atoms with Gasteiger partial charge in [0.25, 0.3) is 0 Å². The third-order valence-corrected chi connectivity index (χ3v) is 13.7. The molecule has 8 rings (SSSR count). The van der Waals surface area contributed by atoms with Crippen molar-refractivity contribution in [3.8, 4) is 5.75 Å². The number of aryl methyl sites for hydroxylation is 6. The number of fused-ring (bicyclic) bond motifs is 2. The molecule has 2 aromatic heterocycles. The summed E-state index contributed by atoms with van der Waals surface area (Å²) >= 11 is 0. The maximum Gasteiger partial charge on any atom is 0.569 e. The Bertz CT molecular complexity index is 2480. The fourth-order valence-electron chi connectivity index (χ4n) is 9.60. The molecule has 4 N–H and O–H groups in total. The number of aliphatic carboxylic acids is 2. The van der Waals surface area contributed by atoms with Crippen LogP contribution < -0.4 is 9.97 Å². The second-order valence-corrected chi connectivity index (χ2v) is 22.2. The number of ether oxygens (including phenoxy) is 4. The van der Waals surface area contributed by atoms with Crippen LogP contribution in [0.1, 0.15) is 162 Å². The number of carboxylic acids is 2. The summed E-state index contributed by atoms with van der Waals surface area (Å²) in [6, 6.07) is 16.4. The van der Waals surface area contributed by atoms with E-state index in [1.165, 1.54) is 116 Å². The van der Waals surface area contributed by atoms with Crippen molar-refractivity contribution in [1.82, 2.24) is 20.2 Å². The lowest BCUT2D eigenvalue weighted by Gasteiger charge is -2.27. The second kappa shape index (κ2) is 32.8. The fourth-order valence-corrected chi connectivity index (χ4v) is 9.60. The molecular formula is C60H84BF2N4O11. The lowest BCUT2D eigenvalue weighted by Crippen LogP contribution is -2.34. The predicted octanol–water partition coefficient (Wildman–Crippen LogP) is 9.63. The molecule has 0 bridgehead atoms. The number of likely N-dealkylation sites (tertiary alicyclic amines) is 1. The van der Waals surface area contributed by atoms with E-state index in [2.05, 4.69) is 29.6 Å². The van der Waals surface area contributed by atoms with Gasteiger partial charge in [-0.05, 0) is 216 Å². The molecule has 427 valence electrons. The van der Waals surface area contributed by atoms with Gasteiger partial charge in [0.05, 0.1) is 36.6 Å². The average Bonchev–Trinajstić information content (AvgIpc) is 4.13. The SMILES string of the molecule is CC(C)(C)OCc1cc(F)ccc1O[B]O.CC(C)(C)OCc1ccc(F)cc1C(C(=O)O)N1CC[C@@H](OCCCCc2ccc3c(n2)CCCC3)C1.O=CC(=O)O.c1cc2c(nc1CCCCO[C@@H]1CCNC1)CCCC2. The van der Waals surface area contributed by atoms with Crippen molar-refractivity contribution in [1.29, 1.82) is 0 Å². The van der Waals surface area contributed by atoms with Gasteiger partial charge in [-0.3, -0.25) is 24.5 Å². The normalized spacial score (nSPS) is 17.4. The molecule has 2 aromatic carbocycles. The maximum atomic E-state index is 14.2. The number of hydrogen-bond donors (Lipinski definition) is 4. The Hall–Kier alpha value is -5.21. The van der Waals surface area contributed by atoms with Crippen molar-refractivity contribution in [3.05, 3.63) is 123 Å². The summed E-state index contributed by atoms with van der Waals surface area (Å²) in [7, 11) is 0.563. The van der Waals surface area contributed by atoms with E-state index in [4.69, 9.17) is 53.3 Å². The topological polar surface area (TPSA) is 199 Å². The van der Waals surface area contributed by atoms with Crippen molar-refractivity contribution < 1.29 is 62.0 Å². The van der Waals surface area contributed by atoms with Gasteiger partial charge in [0.2, 0.25) is 6.29 Å². The first-order valence-corrected chi connectivity index (χ1v) is 27.8. The number of pyridine rings is 2. The van der Waals surface area contributed by atoms with Crippen LogP contribution in [0.15, 0.2) is 60.7 Å². The zero-order valence-corrected chi connectivity index (χ0v) is 46.8. The second-order valence-electron chi connectivity index (χ2n) is 22.2. The molecule has 4 aliphatic rings. The highest BCUT2D eigenvalue weighted by atomic mass is 19.1. The predicted molar refractivity (Wildman–Crippen MR) is 295 cm³/mol. The van der Waals surface area contributed by atoms with Crippen molar-refractivity contribution in [3.63, 3.8) is 0 Å². The van der Waals surface area contributed by atoms with E-state index >= 15 is 0 Å². The number of benzene rings is 2. The number of nitrogens with one attached hydrogen (secondary N) is 1. The van der Waals surface area contributed by atoms with Crippen LogP contribution in [0.25, 0.3) is 0 Å². The van der Waals surface area contributed by atoms with Crippen LogP contribution in [0.5, 0.6) is 5.75 Å². The third-order valence-electron chi connectivity index (χ3n) is 13.7. The van der Waals surface area contributed by atoms with Crippen LogP contribution in [0, 0.1) is 11.6 Å². The number of unbranched alkanes of at least 4 members (excludes halogenated alkanes) is 2. The van der Waals surface area contributed by atoms with Gasteiger partial charge in [-0.2, -0.15) is 0 Å². The minimum absolute atomic E-state index is 0.0217. The Morgan fingerprint density at radius 2 is 1.27 bits per heavy atom. The number of aromatic nitrogens is 2. The first kappa shape index (κ1) is 63.6. The van der Waals surface area contributed by atoms with Gasteiger partial charge in [0.15, 0.2) is 0 Å². The Kier molecular flexibility index (Phi) is 26.7. The van der Waals surface area contributed by atoms with Crippen molar-refractivity contribution in [2.24, 2.45) is 0 Å². The van der Waals surface area contributed by atoms with Crippen molar-refractivity contribution in [2.45, 2.75) is 187 Å². The van der Waals surface area contributed by atoms with Gasteiger partial charge >= 0.3 is 19.6 Å². The molecule has 0 saturated carbocycles. The minimum Gasteiger partial charge on any atom is -0.537 e. The molecule has 4 aromatic rings. The number of carbonyl (C=O) groups is 3. The number of carboxylic acid groups (broad SMARTS) is 2. The molecule has 0 amide bonds. The molecule has 3 atom stereocenters. The van der Waals surface area contributed by atoms with E-state index in [0.717, 1.165) is 71.1 Å². The Labute approximate surface area is 461 Å². The van der Waals surface area contributed by atoms with E-state index in [1.807, 2.05) is 46.4 Å². The molecule has 78 heavy (non-hydrogen) atoms. The van der Waals surface area contributed by atoms with E-state index < -0.39 is 23.8 Å². The van der Waals surface area contributed by atoms with Gasteiger partial charge in [0.1, 0.15) is 23.4 Å². The molecule has 2 saturated heterocycles. The standard InChI is InChI=1S/C30H41FN2O4.C17H26N2O.C11H15BFO3.C2H2O3/c1-30(2,3)37-20-22-11-13-23(31)18-26(22)28(29(34)35)33-16-15-25(19-33)36-17-7-6-9-24-14-12-21-8-4-5-10-27(21)32-24;1-2-7-17-14(5-1)8-9-15(19-17)6-3-4-12-20-16-10-11-18-13-16;1-11(2,3)15-7-8-6-9(13)4-5-10(8)16-12-14;3-1-2(4)5/h11-14,18,25,28H,4-10,15-17,19-20H2,1-3H3,(H,34,35);8-9,16,18H,1-7,10-13H2;4-6,14H,7H2,1-3H3;1H,(H,4,5)/t25-,28?;16-;;/m11../s1. The molecule has 2 fully saturated rings. The summed E-state index contributed by atoms with van der Waals surface area (Å²) in [4.78, 5) is 41.8. The number of aldehydes is 1. The lowest BCUT2D eigenvalue weighted by atomic mass is 9.95. The van der Waals surface area contributed by atoms with Gasteiger partial charge in [-0.25, -0.2) is 13.6 Å². The number of nitrogens with zero attached hydrogens (tertiary/aromatic N) is 3. The first-order valence-electron chi connectivity index (χ1n) is 27.8. The highest BCUT2D eigenvalue weighted by molar-refractivity contribution is 6.19. The van der Waals surface area contributed by atoms with Gasteiger partial charge in [-0.1, -0.05) is 18.2 Å². The average molecular weight is 1090 g/mol. The van der Waals surface area contributed by atoms with Gasteiger partial charge < -0.3 is 44.2 Å². The zero-order chi connectivity index (χ0) is 56.5. The third kappa shape index (κ3) is 23.2. The molecule has 2 aliphatic heterocycles. The van der Waals surface area contributed by atoms with E-state index in [9.17, 15) is 18.7 Å². The Morgan fingerprint density at radius 1 is 0.731 bits per heavy atom. The van der Waals surface area contributed by atoms with Crippen molar-refractivity contribution in [2.75, 3.05) is 39.4 Å². The summed E-state index contributed by atoms with van der Waals surface area (Å²) in [5.41, 5.74) is 8.99. The van der Waals surface area contributed by atoms with Crippen LogP contribution >= 0.6 is 0 Å². The van der Waals surface area contributed by atoms with Crippen LogP contribution in [0.2, 0.25) is 0 Å². The summed E-state index contributed by atoms with van der Waals surface area (Å²) in [5.74, 6) is -2.84. The molecule has 2 aliphatic carbocycles. The minimum atomic E-state index is -1.43. The van der Waals surface area contributed by atoms with E-state index in [1.54, 1.807) is 6.07 Å². The Morgan fingerprint density at radius 3 is 1.79 bits per heavy atom. The number of hydrogen-bond acceptors (Lipinski definition) is 13. The van der Waals surface area contributed by atoms with Crippen LogP contribution in [0.3, 0.4) is 0 Å². The van der Waals surface area contributed by atoms with Gasteiger partial charge in [-0.15, -0.1) is 0 Å². The highest BCUT2D eigenvalue weighted by Crippen LogP contribution is 2.31. The molecular weight excluding hydrogens is 1000 g/mol. The van der Waals surface area contributed by atoms with E-state index in [-0.39, 0.29) is 42.6 Å². The monoisotopic (exact) mass is 1090 g/mol. The molecule has 0 spiro atoms. The van der Waals surface area contributed by atoms with Crippen LogP contribution in [-0.4, -0.2) is 119 Å². The molecule has 18 heteroatoms. The first-order chi connectivity index (χ1) is 37.3. The van der Waals surface area contributed by atoms with E-state index in [0.29, 0.717) is 55.9 Å². The number of rotatable bonds is 22. The highest BCUT2D eigenvalue weighted by Gasteiger charge is 2.36. The maximum absolute atomic E-state index is 14.2. The molecule has 1 unspecified atom stereocenters. The Balaban J connectivity index is 0.000000228.